The maximum absolute atomic E-state index is 11.5. The highest BCUT2D eigenvalue weighted by Gasteiger charge is 2.27. The van der Waals surface area contributed by atoms with Crippen LogP contribution in [-0.2, 0) is 9.53 Å². The van der Waals surface area contributed by atoms with E-state index < -0.39 is 0 Å². The number of hydrogen-bond donors (Lipinski definition) is 1. The van der Waals surface area contributed by atoms with Crippen molar-refractivity contribution in [1.82, 2.24) is 5.32 Å². The molecule has 0 aliphatic carbocycles. The Morgan fingerprint density at radius 3 is 3.07 bits per heavy atom. The van der Waals surface area contributed by atoms with E-state index in [2.05, 4.69) is 5.32 Å². The van der Waals surface area contributed by atoms with Crippen molar-refractivity contribution in [3.05, 3.63) is 0 Å². The molecule has 4 nitrogen and oxygen atoms in total. The van der Waals surface area contributed by atoms with Gasteiger partial charge in [-0.15, -0.1) is 0 Å². The van der Waals surface area contributed by atoms with Gasteiger partial charge in [0.25, 0.3) is 0 Å². The number of unbranched alkanes of at least 4 members (excludes halogenated alkanes) is 1. The zero-order chi connectivity index (χ0) is 10.4. The van der Waals surface area contributed by atoms with E-state index in [9.17, 15) is 4.79 Å². The van der Waals surface area contributed by atoms with E-state index in [1.54, 1.807) is 0 Å². The second kappa shape index (κ2) is 5.61. The third kappa shape index (κ3) is 3.35. The highest BCUT2D eigenvalue weighted by Crippen LogP contribution is 2.18. The first-order valence-electron chi connectivity index (χ1n) is 5.00. The highest BCUT2D eigenvalue weighted by atomic mass is 16.5. The van der Waals surface area contributed by atoms with Gasteiger partial charge in [0.05, 0.1) is 24.7 Å². The summed E-state index contributed by atoms with van der Waals surface area (Å²) in [7, 11) is 0. The third-order valence-corrected chi connectivity index (χ3v) is 2.33. The Kier molecular flexibility index (Phi) is 4.41. The van der Waals surface area contributed by atoms with Gasteiger partial charge in [-0.2, -0.15) is 5.26 Å². The van der Waals surface area contributed by atoms with Crippen LogP contribution in [0.2, 0.25) is 0 Å². The minimum absolute atomic E-state index is 0.00656. The molecule has 78 valence electrons. The molecule has 0 aromatic heterocycles. The lowest BCUT2D eigenvalue weighted by Crippen LogP contribution is -2.31. The van der Waals surface area contributed by atoms with Gasteiger partial charge in [-0.25, -0.2) is 0 Å². The summed E-state index contributed by atoms with van der Waals surface area (Å²) < 4.78 is 5.30. The molecule has 4 heteroatoms. The molecule has 14 heavy (non-hydrogen) atoms. The molecule has 0 aromatic rings. The zero-order valence-electron chi connectivity index (χ0n) is 8.45. The van der Waals surface area contributed by atoms with E-state index in [-0.39, 0.29) is 17.9 Å². The molecule has 1 aliphatic rings. The number of hydrogen-bond acceptors (Lipinski definition) is 3. The number of nitriles is 1. The first-order valence-corrected chi connectivity index (χ1v) is 5.00. The number of carbonyl (C=O) groups excluding carboxylic acids is 1. The van der Waals surface area contributed by atoms with E-state index in [0.717, 1.165) is 12.8 Å². The van der Waals surface area contributed by atoms with E-state index in [0.29, 0.717) is 19.6 Å². The van der Waals surface area contributed by atoms with Crippen molar-refractivity contribution in [3.8, 4) is 6.07 Å². The van der Waals surface area contributed by atoms with E-state index >= 15 is 0 Å². The summed E-state index contributed by atoms with van der Waals surface area (Å²) in [5.41, 5.74) is 0. The average Bonchev–Trinajstić information content (AvgIpc) is 2.59. The second-order valence-electron chi connectivity index (χ2n) is 3.63. The molecule has 0 spiro atoms. The molecule has 1 saturated heterocycles. The van der Waals surface area contributed by atoms with Crippen LogP contribution in [0.3, 0.4) is 0 Å². The fraction of sp³-hybridized carbons (Fsp3) is 0.800. The summed E-state index contributed by atoms with van der Waals surface area (Å²) in [5.74, 6) is 0.0689. The smallest absolute Gasteiger partial charge is 0.225 e. The van der Waals surface area contributed by atoms with Gasteiger partial charge in [0, 0.05) is 13.0 Å². The van der Waals surface area contributed by atoms with Crippen molar-refractivity contribution >= 4 is 5.91 Å². The molecule has 0 saturated carbocycles. The summed E-state index contributed by atoms with van der Waals surface area (Å²) in [6.07, 6.45) is 2.23. The van der Waals surface area contributed by atoms with Gasteiger partial charge in [-0.1, -0.05) is 0 Å². The van der Waals surface area contributed by atoms with Gasteiger partial charge < -0.3 is 10.1 Å². The number of carbonyl (C=O) groups is 1. The Morgan fingerprint density at radius 1 is 1.71 bits per heavy atom. The quantitative estimate of drug-likeness (QED) is 0.677. The first kappa shape index (κ1) is 11.0. The second-order valence-corrected chi connectivity index (χ2v) is 3.63. The van der Waals surface area contributed by atoms with Gasteiger partial charge >= 0.3 is 0 Å². The summed E-state index contributed by atoms with van der Waals surface area (Å²) in [5, 5.41) is 11.1. The average molecular weight is 196 g/mol. The maximum Gasteiger partial charge on any atom is 0.225 e. The molecule has 2 atom stereocenters. The summed E-state index contributed by atoms with van der Waals surface area (Å²) >= 11 is 0. The number of rotatable bonds is 4. The third-order valence-electron chi connectivity index (χ3n) is 2.33. The molecule has 1 fully saturated rings. The standard InChI is InChI=1S/C10H16N2O2/c1-8-6-9(7-14-8)10(13)12-5-3-2-4-11/h8-9H,2-3,5-7H2,1H3,(H,12,13). The van der Waals surface area contributed by atoms with Crippen molar-refractivity contribution < 1.29 is 9.53 Å². The lowest BCUT2D eigenvalue weighted by Gasteiger charge is -2.07. The van der Waals surface area contributed by atoms with Gasteiger partial charge in [0.1, 0.15) is 0 Å². The zero-order valence-corrected chi connectivity index (χ0v) is 8.45. The largest absolute Gasteiger partial charge is 0.378 e. The van der Waals surface area contributed by atoms with Crippen molar-refractivity contribution in [1.29, 1.82) is 5.26 Å². The van der Waals surface area contributed by atoms with Crippen molar-refractivity contribution in [2.75, 3.05) is 13.2 Å². The van der Waals surface area contributed by atoms with Gasteiger partial charge in [-0.3, -0.25) is 4.79 Å². The van der Waals surface area contributed by atoms with Crippen LogP contribution < -0.4 is 5.32 Å². The van der Waals surface area contributed by atoms with E-state index in [4.69, 9.17) is 10.00 Å². The van der Waals surface area contributed by atoms with Crippen molar-refractivity contribution in [2.45, 2.75) is 32.3 Å². The molecular formula is C10H16N2O2. The lowest BCUT2D eigenvalue weighted by molar-refractivity contribution is -0.124. The number of amides is 1. The fourth-order valence-corrected chi connectivity index (χ4v) is 1.52. The fourth-order valence-electron chi connectivity index (χ4n) is 1.52. The lowest BCUT2D eigenvalue weighted by atomic mass is 10.1. The van der Waals surface area contributed by atoms with Gasteiger partial charge in [-0.05, 0) is 19.8 Å². The SMILES string of the molecule is CC1CC(C(=O)NCCCC#N)CO1. The van der Waals surface area contributed by atoms with E-state index in [1.807, 2.05) is 13.0 Å². The Hall–Kier alpha value is -1.08. The van der Waals surface area contributed by atoms with E-state index in [1.165, 1.54) is 0 Å². The highest BCUT2D eigenvalue weighted by molar-refractivity contribution is 5.79. The Labute approximate surface area is 84.2 Å². The van der Waals surface area contributed by atoms with Crippen LogP contribution in [0.15, 0.2) is 0 Å². The Bertz CT molecular complexity index is 235. The van der Waals surface area contributed by atoms with Crippen LogP contribution in [-0.4, -0.2) is 25.2 Å². The number of nitrogens with one attached hydrogen (secondary N) is 1. The molecule has 1 heterocycles. The molecule has 1 amide bonds. The molecular weight excluding hydrogens is 180 g/mol. The molecule has 1 N–H and O–H groups in total. The summed E-state index contributed by atoms with van der Waals surface area (Å²) in [6.45, 7) is 3.10. The van der Waals surface area contributed by atoms with Gasteiger partial charge in [0.15, 0.2) is 0 Å². The predicted octanol–water partition coefficient (Wildman–Crippen LogP) is 0.831. The van der Waals surface area contributed by atoms with Crippen molar-refractivity contribution in [2.24, 2.45) is 5.92 Å². The van der Waals surface area contributed by atoms with Crippen molar-refractivity contribution in [3.63, 3.8) is 0 Å². The molecule has 1 rings (SSSR count). The molecule has 0 aromatic carbocycles. The molecule has 1 aliphatic heterocycles. The minimum Gasteiger partial charge on any atom is -0.378 e. The normalized spacial score (nSPS) is 25.7. The molecule has 0 bridgehead atoms. The molecule has 2 unspecified atom stereocenters. The predicted molar refractivity (Wildman–Crippen MR) is 51.4 cm³/mol. The number of ether oxygens (including phenoxy) is 1. The first-order chi connectivity index (χ1) is 6.74. The van der Waals surface area contributed by atoms with Crippen LogP contribution >= 0.6 is 0 Å². The maximum atomic E-state index is 11.5. The monoisotopic (exact) mass is 196 g/mol. The summed E-state index contributed by atoms with van der Waals surface area (Å²) in [4.78, 5) is 11.5. The Balaban J connectivity index is 2.13. The van der Waals surface area contributed by atoms with Crippen LogP contribution in [0, 0.1) is 17.2 Å². The Morgan fingerprint density at radius 2 is 2.50 bits per heavy atom. The van der Waals surface area contributed by atoms with Crippen LogP contribution in [0.1, 0.15) is 26.2 Å². The minimum atomic E-state index is 0.00656. The number of nitrogens with zero attached hydrogens (tertiary/aromatic N) is 1. The van der Waals surface area contributed by atoms with Crippen LogP contribution in [0.25, 0.3) is 0 Å². The van der Waals surface area contributed by atoms with Crippen LogP contribution in [0.5, 0.6) is 0 Å². The topological polar surface area (TPSA) is 62.1 Å². The molecule has 0 radical (unpaired) electrons. The summed E-state index contributed by atoms with van der Waals surface area (Å²) in [6, 6.07) is 2.04. The van der Waals surface area contributed by atoms with Gasteiger partial charge in [0.2, 0.25) is 5.91 Å². The van der Waals surface area contributed by atoms with Crippen LogP contribution in [0.4, 0.5) is 0 Å².